The van der Waals surface area contributed by atoms with Crippen LogP contribution in [0.15, 0.2) is 40.9 Å². The maximum Gasteiger partial charge on any atom is 0.348 e. The Hall–Kier alpha value is -2.08. The number of hydrogen-bond acceptors (Lipinski definition) is 2. The molecule has 0 radical (unpaired) electrons. The largest absolute Gasteiger partial charge is 0.466 e. The van der Waals surface area contributed by atoms with Gasteiger partial charge in [0.05, 0.1) is 12.7 Å². The van der Waals surface area contributed by atoms with Gasteiger partial charge in [-0.05, 0) is 35.2 Å². The standard InChI is InChI=1S/C18H12BrF3O2/c1-18(22,17(23)24-2)15-14(20)8-12-9-4-3-5-13(19)10(9)6-7-11(12)16(15)21/h3-8H,1-2H3. The topological polar surface area (TPSA) is 26.3 Å². The van der Waals surface area contributed by atoms with Crippen LogP contribution in [0.4, 0.5) is 13.2 Å². The van der Waals surface area contributed by atoms with E-state index in [4.69, 9.17) is 0 Å². The molecular formula is C18H12BrF3O2. The minimum atomic E-state index is -2.93. The summed E-state index contributed by atoms with van der Waals surface area (Å²) in [5.41, 5.74) is -3.88. The first kappa shape index (κ1) is 16.8. The van der Waals surface area contributed by atoms with Gasteiger partial charge in [0.1, 0.15) is 11.6 Å². The number of hydrogen-bond donors (Lipinski definition) is 0. The van der Waals surface area contributed by atoms with Gasteiger partial charge in [0.2, 0.25) is 5.67 Å². The van der Waals surface area contributed by atoms with Crippen LogP contribution in [0.5, 0.6) is 0 Å². The molecule has 3 rings (SSSR count). The third-order valence-electron chi connectivity index (χ3n) is 4.05. The molecule has 0 amide bonds. The van der Waals surface area contributed by atoms with E-state index in [0.717, 1.165) is 30.0 Å². The van der Waals surface area contributed by atoms with Crippen LogP contribution in [-0.2, 0) is 15.2 Å². The summed E-state index contributed by atoms with van der Waals surface area (Å²) in [6.45, 7) is 0.782. The lowest BCUT2D eigenvalue weighted by molar-refractivity contribution is -0.154. The van der Waals surface area contributed by atoms with Gasteiger partial charge in [-0.1, -0.05) is 40.2 Å². The number of fused-ring (bicyclic) bond motifs is 3. The van der Waals surface area contributed by atoms with E-state index in [-0.39, 0.29) is 5.39 Å². The number of alkyl halides is 1. The highest BCUT2D eigenvalue weighted by molar-refractivity contribution is 9.10. The summed E-state index contributed by atoms with van der Waals surface area (Å²) >= 11 is 3.39. The fourth-order valence-corrected chi connectivity index (χ4v) is 3.35. The van der Waals surface area contributed by atoms with Gasteiger partial charge in [-0.3, -0.25) is 0 Å². The van der Waals surface area contributed by atoms with Crippen LogP contribution in [0.25, 0.3) is 21.5 Å². The Kier molecular flexibility index (Phi) is 4.03. The van der Waals surface area contributed by atoms with Crippen molar-refractivity contribution in [2.75, 3.05) is 7.11 Å². The van der Waals surface area contributed by atoms with Crippen molar-refractivity contribution in [3.8, 4) is 0 Å². The summed E-state index contributed by atoms with van der Waals surface area (Å²) in [4.78, 5) is 11.6. The number of esters is 1. The van der Waals surface area contributed by atoms with Crippen molar-refractivity contribution in [1.29, 1.82) is 0 Å². The van der Waals surface area contributed by atoms with Gasteiger partial charge >= 0.3 is 5.97 Å². The van der Waals surface area contributed by atoms with E-state index >= 15 is 0 Å². The predicted octanol–water partition coefficient (Wildman–Crippen LogP) is 5.39. The second kappa shape index (κ2) is 5.77. The highest BCUT2D eigenvalue weighted by Crippen LogP contribution is 2.38. The Morgan fingerprint density at radius 1 is 1.08 bits per heavy atom. The van der Waals surface area contributed by atoms with Crippen LogP contribution in [-0.4, -0.2) is 13.1 Å². The molecule has 1 unspecified atom stereocenters. The van der Waals surface area contributed by atoms with Crippen molar-refractivity contribution in [3.05, 3.63) is 58.1 Å². The van der Waals surface area contributed by atoms with Gasteiger partial charge < -0.3 is 4.74 Å². The molecule has 0 saturated carbocycles. The van der Waals surface area contributed by atoms with E-state index < -0.39 is 28.8 Å². The Bertz CT molecular complexity index is 983. The van der Waals surface area contributed by atoms with Crippen molar-refractivity contribution < 1.29 is 22.7 Å². The number of methoxy groups -OCH3 is 1. The van der Waals surface area contributed by atoms with Crippen LogP contribution >= 0.6 is 15.9 Å². The number of ether oxygens (including phenoxy) is 1. The Balaban J connectivity index is 2.41. The Morgan fingerprint density at radius 2 is 1.75 bits per heavy atom. The number of carbonyl (C=O) groups is 1. The quantitative estimate of drug-likeness (QED) is 0.428. The van der Waals surface area contributed by atoms with Gasteiger partial charge in [-0.15, -0.1) is 0 Å². The van der Waals surface area contributed by atoms with Crippen LogP contribution in [0.3, 0.4) is 0 Å². The first-order valence-electron chi connectivity index (χ1n) is 7.05. The van der Waals surface area contributed by atoms with E-state index in [0.29, 0.717) is 10.8 Å². The molecule has 0 saturated heterocycles. The van der Waals surface area contributed by atoms with Gasteiger partial charge in [0, 0.05) is 9.86 Å². The summed E-state index contributed by atoms with van der Waals surface area (Å²) < 4.78 is 49.1. The van der Waals surface area contributed by atoms with E-state index in [1.807, 2.05) is 6.07 Å². The molecule has 1 atom stereocenters. The number of halogens is 4. The zero-order valence-electron chi connectivity index (χ0n) is 12.8. The molecule has 3 aromatic carbocycles. The molecule has 3 aromatic rings. The van der Waals surface area contributed by atoms with Gasteiger partial charge in [0.15, 0.2) is 0 Å². The first-order valence-corrected chi connectivity index (χ1v) is 7.85. The van der Waals surface area contributed by atoms with Crippen molar-refractivity contribution in [2.45, 2.75) is 12.6 Å². The van der Waals surface area contributed by atoms with Gasteiger partial charge in [-0.25, -0.2) is 18.0 Å². The highest BCUT2D eigenvalue weighted by Gasteiger charge is 2.42. The average molecular weight is 397 g/mol. The summed E-state index contributed by atoms with van der Waals surface area (Å²) in [6.07, 6.45) is 0. The predicted molar refractivity (Wildman–Crippen MR) is 89.5 cm³/mol. The minimum Gasteiger partial charge on any atom is -0.466 e. The monoisotopic (exact) mass is 396 g/mol. The first-order chi connectivity index (χ1) is 11.3. The molecule has 0 aliphatic carbocycles. The second-order valence-corrected chi connectivity index (χ2v) is 6.39. The molecule has 0 fully saturated rings. The van der Waals surface area contributed by atoms with Crippen molar-refractivity contribution in [2.24, 2.45) is 0 Å². The molecule has 0 aliphatic rings. The van der Waals surface area contributed by atoms with Crippen molar-refractivity contribution in [1.82, 2.24) is 0 Å². The molecular weight excluding hydrogens is 385 g/mol. The van der Waals surface area contributed by atoms with E-state index in [2.05, 4.69) is 20.7 Å². The van der Waals surface area contributed by atoms with E-state index in [1.54, 1.807) is 18.2 Å². The van der Waals surface area contributed by atoms with Crippen LogP contribution in [0, 0.1) is 11.6 Å². The molecule has 0 bridgehead atoms. The lowest BCUT2D eigenvalue weighted by Crippen LogP contribution is -2.31. The molecule has 6 heteroatoms. The number of benzene rings is 3. The molecule has 0 spiro atoms. The second-order valence-electron chi connectivity index (χ2n) is 5.54. The van der Waals surface area contributed by atoms with E-state index in [9.17, 15) is 18.0 Å². The third-order valence-corrected chi connectivity index (χ3v) is 4.75. The Morgan fingerprint density at radius 3 is 2.42 bits per heavy atom. The van der Waals surface area contributed by atoms with Crippen molar-refractivity contribution >= 4 is 43.4 Å². The molecule has 124 valence electrons. The normalized spacial score (nSPS) is 13.9. The summed E-state index contributed by atoms with van der Waals surface area (Å²) in [5.74, 6) is -3.60. The smallest absolute Gasteiger partial charge is 0.348 e. The summed E-state index contributed by atoms with van der Waals surface area (Å²) in [6, 6.07) is 9.40. The third kappa shape index (κ3) is 2.36. The molecule has 0 aromatic heterocycles. The zero-order valence-corrected chi connectivity index (χ0v) is 14.4. The maximum absolute atomic E-state index is 14.9. The SMILES string of the molecule is COC(=O)C(C)(F)c1c(F)cc2c(ccc3c(Br)cccc32)c1F. The van der Waals surface area contributed by atoms with E-state index in [1.165, 1.54) is 6.07 Å². The highest BCUT2D eigenvalue weighted by atomic mass is 79.9. The van der Waals surface area contributed by atoms with Crippen LogP contribution in [0.1, 0.15) is 12.5 Å². The van der Waals surface area contributed by atoms with Gasteiger partial charge in [0.25, 0.3) is 0 Å². The fraction of sp³-hybridized carbons (Fsp3) is 0.167. The van der Waals surface area contributed by atoms with Gasteiger partial charge in [-0.2, -0.15) is 0 Å². The number of carbonyl (C=O) groups excluding carboxylic acids is 1. The lowest BCUT2D eigenvalue weighted by Gasteiger charge is -2.20. The molecule has 2 nitrogen and oxygen atoms in total. The summed E-state index contributed by atoms with van der Waals surface area (Å²) in [5, 5.41) is 1.72. The molecule has 0 N–H and O–H groups in total. The zero-order chi connectivity index (χ0) is 17.6. The lowest BCUT2D eigenvalue weighted by atomic mass is 9.92. The minimum absolute atomic E-state index is 0.0322. The van der Waals surface area contributed by atoms with Crippen LogP contribution < -0.4 is 0 Å². The number of rotatable bonds is 2. The Labute approximate surface area is 144 Å². The maximum atomic E-state index is 14.9. The van der Waals surface area contributed by atoms with Crippen molar-refractivity contribution in [3.63, 3.8) is 0 Å². The average Bonchev–Trinajstić information content (AvgIpc) is 2.54. The summed E-state index contributed by atoms with van der Waals surface area (Å²) in [7, 11) is 0.960. The fourth-order valence-electron chi connectivity index (χ4n) is 2.85. The molecule has 0 aliphatic heterocycles. The van der Waals surface area contributed by atoms with Crippen LogP contribution in [0.2, 0.25) is 0 Å². The molecule has 24 heavy (non-hydrogen) atoms. The molecule has 0 heterocycles.